The quantitative estimate of drug-likeness (QED) is 0.260. The number of nitrogens with one attached hydrogen (secondary N) is 3. The van der Waals surface area contributed by atoms with Crippen LogP contribution in [0.1, 0.15) is 105 Å². The number of H-pyrrole nitrogens is 1. The summed E-state index contributed by atoms with van der Waals surface area (Å²) < 4.78 is 59.9. The molecular weight excluding hydrogens is 523 g/mol. The molecule has 2 aliphatic carbocycles. The fourth-order valence-corrected chi connectivity index (χ4v) is 6.78. The molecule has 3 heterocycles. The van der Waals surface area contributed by atoms with Gasteiger partial charge in [-0.25, -0.2) is 4.98 Å². The van der Waals surface area contributed by atoms with E-state index in [4.69, 9.17) is 11.4 Å². The number of aromatic amines is 1. The molecule has 2 aliphatic rings. The zero-order valence-electron chi connectivity index (χ0n) is 28.6. The number of amides is 2. The van der Waals surface area contributed by atoms with Crippen LogP contribution in [0.5, 0.6) is 0 Å². The Morgan fingerprint density at radius 2 is 1.80 bits per heavy atom. The third-order valence-corrected chi connectivity index (χ3v) is 8.77. The van der Waals surface area contributed by atoms with E-state index in [9.17, 15) is 9.59 Å². The summed E-state index contributed by atoms with van der Waals surface area (Å²) in [5.74, 6) is -1.79. The zero-order valence-corrected chi connectivity index (χ0v) is 23.6. The maximum absolute atomic E-state index is 15.6. The third kappa shape index (κ3) is 6.36. The standard InChI is InChI=1S/C31H41FN6O3/c1-4-24-26(19(3)36-37-24)22-15-16-25(33-29(22)32)34-31(40)28(35-30(39)23-17-41-38-18(23)2)27(20-11-7-5-8-12-20)21-13-9-6-10-14-21/h15-17,20-21,27-28H,4-14H2,1-3H3,(H,35,39)(H,36,37)(H,33,34,40)/t28-/m0/s1/i1D3,4D2. The van der Waals surface area contributed by atoms with Gasteiger partial charge in [-0.3, -0.25) is 14.7 Å². The molecule has 3 N–H and O–H groups in total. The average molecular weight is 570 g/mol. The number of aryl methyl sites for hydroxylation is 3. The SMILES string of the molecule is [2H]C([2H])([2H])C([2H])([2H])c1n[nH]c(C)c1-c1ccc(NC(=O)[C@@H](NC(=O)c2conc2C)C(C2CCCCC2)C2CCCCC2)nc1F. The second-order valence-electron chi connectivity index (χ2n) is 11.4. The fourth-order valence-electron chi connectivity index (χ4n) is 6.78. The summed E-state index contributed by atoms with van der Waals surface area (Å²) in [6.45, 7) is 0.120. The van der Waals surface area contributed by atoms with Gasteiger partial charge in [0.2, 0.25) is 11.9 Å². The predicted molar refractivity (Wildman–Crippen MR) is 154 cm³/mol. The molecule has 0 spiro atoms. The number of halogens is 1. The van der Waals surface area contributed by atoms with E-state index in [1.54, 1.807) is 6.92 Å². The maximum Gasteiger partial charge on any atom is 0.257 e. The van der Waals surface area contributed by atoms with Gasteiger partial charge in [-0.15, -0.1) is 0 Å². The molecule has 220 valence electrons. The van der Waals surface area contributed by atoms with Crippen molar-refractivity contribution in [3.8, 4) is 11.1 Å². The van der Waals surface area contributed by atoms with Crippen molar-refractivity contribution < 1.29 is 25.4 Å². The van der Waals surface area contributed by atoms with Crippen LogP contribution in [0, 0.1) is 37.5 Å². The summed E-state index contributed by atoms with van der Waals surface area (Å²) in [4.78, 5) is 31.6. The van der Waals surface area contributed by atoms with Crippen molar-refractivity contribution in [1.29, 1.82) is 0 Å². The predicted octanol–water partition coefficient (Wildman–Crippen LogP) is 6.29. The van der Waals surface area contributed by atoms with Gasteiger partial charge in [0, 0.05) is 23.7 Å². The summed E-state index contributed by atoms with van der Waals surface area (Å²) in [6.07, 6.45) is 8.76. The molecule has 0 bridgehead atoms. The molecule has 0 aromatic carbocycles. The van der Waals surface area contributed by atoms with Crippen LogP contribution >= 0.6 is 0 Å². The lowest BCUT2D eigenvalue weighted by Gasteiger charge is -2.41. The molecule has 5 rings (SSSR count). The Morgan fingerprint density at radius 1 is 1.12 bits per heavy atom. The minimum atomic E-state index is -3.06. The summed E-state index contributed by atoms with van der Waals surface area (Å²) in [5, 5.41) is 15.9. The van der Waals surface area contributed by atoms with Crippen molar-refractivity contribution in [1.82, 2.24) is 25.7 Å². The second kappa shape index (κ2) is 13.0. The number of hydrogen-bond donors (Lipinski definition) is 3. The summed E-state index contributed by atoms with van der Waals surface area (Å²) in [7, 11) is 0. The van der Waals surface area contributed by atoms with Crippen molar-refractivity contribution in [3.05, 3.63) is 47.0 Å². The highest BCUT2D eigenvalue weighted by molar-refractivity contribution is 6.01. The molecule has 3 aromatic heterocycles. The van der Waals surface area contributed by atoms with Crippen molar-refractivity contribution in [3.63, 3.8) is 0 Å². The monoisotopic (exact) mass is 569 g/mol. The normalized spacial score (nSPS) is 20.0. The van der Waals surface area contributed by atoms with Crippen LogP contribution < -0.4 is 10.6 Å². The molecular formula is C31H41FN6O3. The Balaban J connectivity index is 1.47. The first-order valence-electron chi connectivity index (χ1n) is 17.0. The first-order valence-corrected chi connectivity index (χ1v) is 14.5. The molecule has 1 atom stereocenters. The number of carbonyl (C=O) groups is 2. The maximum atomic E-state index is 15.6. The number of anilines is 1. The van der Waals surface area contributed by atoms with Gasteiger partial charge in [0.15, 0.2) is 0 Å². The van der Waals surface area contributed by atoms with E-state index in [0.717, 1.165) is 64.2 Å². The Bertz CT molecular complexity index is 1530. The molecule has 2 saturated carbocycles. The van der Waals surface area contributed by atoms with E-state index >= 15 is 4.39 Å². The Kier molecular flexibility index (Phi) is 7.28. The van der Waals surface area contributed by atoms with Crippen LogP contribution in [-0.4, -0.2) is 38.2 Å². The number of pyridine rings is 1. The summed E-state index contributed by atoms with van der Waals surface area (Å²) in [6, 6.07) is 1.76. The van der Waals surface area contributed by atoms with Crippen LogP contribution in [0.2, 0.25) is 0 Å². The van der Waals surface area contributed by atoms with Gasteiger partial charge >= 0.3 is 0 Å². The van der Waals surface area contributed by atoms with Crippen molar-refractivity contribution in [2.75, 3.05) is 5.32 Å². The van der Waals surface area contributed by atoms with Crippen LogP contribution in [0.4, 0.5) is 10.2 Å². The molecule has 0 radical (unpaired) electrons. The van der Waals surface area contributed by atoms with Crippen LogP contribution in [-0.2, 0) is 11.2 Å². The lowest BCUT2D eigenvalue weighted by Crippen LogP contribution is -2.53. The smallest absolute Gasteiger partial charge is 0.257 e. The molecule has 10 heteroatoms. The first kappa shape index (κ1) is 23.1. The van der Waals surface area contributed by atoms with Gasteiger partial charge in [0.25, 0.3) is 5.91 Å². The molecule has 3 aromatic rings. The van der Waals surface area contributed by atoms with Gasteiger partial charge in [-0.05, 0) is 50.1 Å². The molecule has 41 heavy (non-hydrogen) atoms. The van der Waals surface area contributed by atoms with Crippen LogP contribution in [0.25, 0.3) is 11.1 Å². The topological polar surface area (TPSA) is 126 Å². The molecule has 0 unspecified atom stereocenters. The third-order valence-electron chi connectivity index (χ3n) is 8.77. The van der Waals surface area contributed by atoms with E-state index in [2.05, 4.69) is 31.0 Å². The second-order valence-corrected chi connectivity index (χ2v) is 11.4. The zero-order chi connectivity index (χ0) is 33.2. The number of hydrogen-bond acceptors (Lipinski definition) is 6. The van der Waals surface area contributed by atoms with Gasteiger partial charge in [-0.2, -0.15) is 9.49 Å². The van der Waals surface area contributed by atoms with Crippen LogP contribution in [0.15, 0.2) is 22.9 Å². The molecule has 2 fully saturated rings. The van der Waals surface area contributed by atoms with Gasteiger partial charge in [0.05, 0.1) is 11.4 Å². The van der Waals surface area contributed by atoms with E-state index in [1.165, 1.54) is 25.3 Å². The molecule has 0 aliphatic heterocycles. The number of aromatic nitrogens is 4. The lowest BCUT2D eigenvalue weighted by molar-refractivity contribution is -0.121. The van der Waals surface area contributed by atoms with E-state index in [0.29, 0.717) is 5.69 Å². The molecule has 0 saturated heterocycles. The Labute approximate surface area is 247 Å². The summed E-state index contributed by atoms with van der Waals surface area (Å²) >= 11 is 0. The van der Waals surface area contributed by atoms with Crippen molar-refractivity contribution in [2.45, 2.75) is 97.3 Å². The van der Waals surface area contributed by atoms with E-state index < -0.39 is 42.7 Å². The van der Waals surface area contributed by atoms with Gasteiger partial charge in [0.1, 0.15) is 23.7 Å². The van der Waals surface area contributed by atoms with Gasteiger partial charge in [-0.1, -0.05) is 76.2 Å². The Hall–Kier alpha value is -3.56. The Morgan fingerprint density at radius 3 is 2.39 bits per heavy atom. The van der Waals surface area contributed by atoms with Crippen molar-refractivity contribution in [2.24, 2.45) is 17.8 Å². The first-order chi connectivity index (χ1) is 21.8. The largest absolute Gasteiger partial charge is 0.364 e. The fraction of sp³-hybridized carbons (Fsp3) is 0.581. The average Bonchev–Trinajstić information content (AvgIpc) is 3.63. The van der Waals surface area contributed by atoms with Crippen LogP contribution in [0.3, 0.4) is 0 Å². The molecule has 2 amide bonds. The highest BCUT2D eigenvalue weighted by Gasteiger charge is 2.41. The van der Waals surface area contributed by atoms with E-state index in [1.807, 2.05) is 0 Å². The molecule has 9 nitrogen and oxygen atoms in total. The minimum Gasteiger partial charge on any atom is -0.364 e. The highest BCUT2D eigenvalue weighted by Crippen LogP contribution is 2.42. The number of nitrogens with zero attached hydrogens (tertiary/aromatic N) is 3. The number of carbonyl (C=O) groups excluding carboxylic acids is 2. The highest BCUT2D eigenvalue weighted by atomic mass is 19.1. The van der Waals surface area contributed by atoms with Crippen molar-refractivity contribution >= 4 is 17.6 Å². The lowest BCUT2D eigenvalue weighted by atomic mass is 9.66. The minimum absolute atomic E-state index is 0.0482. The van der Waals surface area contributed by atoms with Gasteiger partial charge < -0.3 is 15.2 Å². The summed E-state index contributed by atoms with van der Waals surface area (Å²) in [5.41, 5.74) is 0.225. The van der Waals surface area contributed by atoms with E-state index in [-0.39, 0.29) is 46.0 Å². The number of rotatable bonds is 9.